The Morgan fingerprint density at radius 3 is 2.24 bits per heavy atom. The van der Waals surface area contributed by atoms with Gasteiger partial charge in [-0.25, -0.2) is 0 Å². The summed E-state index contributed by atoms with van der Waals surface area (Å²) in [5.41, 5.74) is 0.453. The SMILES string of the molecule is CC1(COC2CC3CCC2(OCC2(C)COC2)C3)COC1. The first kappa shape index (κ1) is 14.4. The summed E-state index contributed by atoms with van der Waals surface area (Å²) in [4.78, 5) is 0. The summed E-state index contributed by atoms with van der Waals surface area (Å²) in [5.74, 6) is 0.811. The molecule has 0 radical (unpaired) electrons. The fourth-order valence-electron chi connectivity index (χ4n) is 4.28. The Balaban J connectivity index is 1.36. The number of rotatable bonds is 6. The van der Waals surface area contributed by atoms with Gasteiger partial charge in [0.05, 0.1) is 51.3 Å². The molecule has 0 N–H and O–H groups in total. The molecule has 21 heavy (non-hydrogen) atoms. The van der Waals surface area contributed by atoms with E-state index in [0.717, 1.165) is 45.6 Å². The molecule has 3 unspecified atom stereocenters. The van der Waals surface area contributed by atoms with Gasteiger partial charge in [-0.3, -0.25) is 0 Å². The molecule has 3 atom stereocenters. The fraction of sp³-hybridized carbons (Fsp3) is 1.00. The maximum Gasteiger partial charge on any atom is 0.0946 e. The highest BCUT2D eigenvalue weighted by Crippen LogP contribution is 2.52. The summed E-state index contributed by atoms with van der Waals surface area (Å²) in [5, 5.41) is 0. The molecule has 0 amide bonds. The van der Waals surface area contributed by atoms with Gasteiger partial charge in [-0.2, -0.15) is 0 Å². The molecule has 4 fully saturated rings. The van der Waals surface area contributed by atoms with Crippen LogP contribution >= 0.6 is 0 Å². The Kier molecular flexibility index (Phi) is 3.38. The second-order valence-corrected chi connectivity index (χ2v) is 8.60. The van der Waals surface area contributed by atoms with Crippen molar-refractivity contribution in [3.05, 3.63) is 0 Å². The van der Waals surface area contributed by atoms with Crippen LogP contribution in [0, 0.1) is 16.7 Å². The Labute approximate surface area is 127 Å². The van der Waals surface area contributed by atoms with Gasteiger partial charge in [0.25, 0.3) is 0 Å². The van der Waals surface area contributed by atoms with Crippen LogP contribution in [0.1, 0.15) is 39.5 Å². The van der Waals surface area contributed by atoms with Crippen molar-refractivity contribution in [1.29, 1.82) is 0 Å². The molecule has 2 aliphatic heterocycles. The molecule has 4 aliphatic rings. The molecule has 2 heterocycles. The van der Waals surface area contributed by atoms with Crippen LogP contribution in [0.3, 0.4) is 0 Å². The van der Waals surface area contributed by atoms with Crippen molar-refractivity contribution in [2.75, 3.05) is 39.6 Å². The normalized spacial score (nSPS) is 42.6. The van der Waals surface area contributed by atoms with Crippen LogP contribution in [0.2, 0.25) is 0 Å². The maximum absolute atomic E-state index is 6.48. The van der Waals surface area contributed by atoms with Gasteiger partial charge in [-0.05, 0) is 31.6 Å². The molecule has 4 heteroatoms. The van der Waals surface area contributed by atoms with E-state index < -0.39 is 0 Å². The quantitative estimate of drug-likeness (QED) is 0.754. The van der Waals surface area contributed by atoms with Crippen LogP contribution in [-0.4, -0.2) is 51.3 Å². The summed E-state index contributed by atoms with van der Waals surface area (Å²) >= 11 is 0. The first-order valence-corrected chi connectivity index (χ1v) is 8.42. The van der Waals surface area contributed by atoms with E-state index in [1.54, 1.807) is 0 Å². The van der Waals surface area contributed by atoms with Gasteiger partial charge in [0, 0.05) is 10.8 Å². The van der Waals surface area contributed by atoms with Crippen molar-refractivity contribution in [1.82, 2.24) is 0 Å². The minimum atomic E-state index is -0.00969. The zero-order chi connectivity index (χ0) is 14.6. The average Bonchev–Trinajstić information content (AvgIpc) is 2.97. The summed E-state index contributed by atoms with van der Waals surface area (Å²) < 4.78 is 23.5. The molecule has 0 aromatic heterocycles. The van der Waals surface area contributed by atoms with Crippen molar-refractivity contribution in [2.45, 2.75) is 51.2 Å². The molecule has 0 aromatic carbocycles. The summed E-state index contributed by atoms with van der Waals surface area (Å²) in [6.07, 6.45) is 5.16. The monoisotopic (exact) mass is 296 g/mol. The first-order valence-electron chi connectivity index (χ1n) is 8.42. The van der Waals surface area contributed by atoms with Gasteiger partial charge in [0.1, 0.15) is 0 Å². The van der Waals surface area contributed by atoms with E-state index in [1.165, 1.54) is 25.7 Å². The predicted molar refractivity (Wildman–Crippen MR) is 78.2 cm³/mol. The van der Waals surface area contributed by atoms with Gasteiger partial charge < -0.3 is 18.9 Å². The van der Waals surface area contributed by atoms with Gasteiger partial charge in [-0.15, -0.1) is 0 Å². The molecular weight excluding hydrogens is 268 g/mol. The summed E-state index contributed by atoms with van der Waals surface area (Å²) in [6, 6.07) is 0. The highest BCUT2D eigenvalue weighted by Gasteiger charge is 2.55. The lowest BCUT2D eigenvalue weighted by atomic mass is 9.87. The van der Waals surface area contributed by atoms with Crippen LogP contribution < -0.4 is 0 Å². The van der Waals surface area contributed by atoms with Gasteiger partial charge in [-0.1, -0.05) is 13.8 Å². The largest absolute Gasteiger partial charge is 0.380 e. The van der Waals surface area contributed by atoms with Crippen LogP contribution in [0.25, 0.3) is 0 Å². The molecule has 0 aromatic rings. The lowest BCUT2D eigenvalue weighted by molar-refractivity contribution is -0.211. The fourth-order valence-corrected chi connectivity index (χ4v) is 4.28. The lowest BCUT2D eigenvalue weighted by Crippen LogP contribution is -2.51. The molecule has 4 nitrogen and oxygen atoms in total. The van der Waals surface area contributed by atoms with Crippen LogP contribution in [0.15, 0.2) is 0 Å². The van der Waals surface area contributed by atoms with Gasteiger partial charge >= 0.3 is 0 Å². The van der Waals surface area contributed by atoms with Crippen molar-refractivity contribution in [2.24, 2.45) is 16.7 Å². The third kappa shape index (κ3) is 2.54. The Hall–Kier alpha value is -0.160. The Morgan fingerprint density at radius 1 is 1.00 bits per heavy atom. The van der Waals surface area contributed by atoms with E-state index in [4.69, 9.17) is 18.9 Å². The van der Waals surface area contributed by atoms with E-state index in [2.05, 4.69) is 13.8 Å². The molecule has 2 saturated heterocycles. The van der Waals surface area contributed by atoms with Crippen molar-refractivity contribution < 1.29 is 18.9 Å². The molecule has 2 aliphatic carbocycles. The zero-order valence-corrected chi connectivity index (χ0v) is 13.4. The Bertz CT molecular complexity index is 402. The summed E-state index contributed by atoms with van der Waals surface area (Å²) in [6.45, 7) is 9.51. The Morgan fingerprint density at radius 2 is 1.67 bits per heavy atom. The van der Waals surface area contributed by atoms with Crippen LogP contribution in [0.5, 0.6) is 0 Å². The van der Waals surface area contributed by atoms with E-state index >= 15 is 0 Å². The molecule has 2 bridgehead atoms. The third-order valence-electron chi connectivity index (χ3n) is 5.89. The second kappa shape index (κ2) is 4.92. The van der Waals surface area contributed by atoms with Crippen LogP contribution in [-0.2, 0) is 18.9 Å². The number of hydrogen-bond donors (Lipinski definition) is 0. The highest BCUT2D eigenvalue weighted by atomic mass is 16.6. The van der Waals surface area contributed by atoms with Crippen molar-refractivity contribution in [3.63, 3.8) is 0 Å². The smallest absolute Gasteiger partial charge is 0.0946 e. The maximum atomic E-state index is 6.48. The highest BCUT2D eigenvalue weighted by molar-refractivity contribution is 5.06. The number of fused-ring (bicyclic) bond motifs is 2. The van der Waals surface area contributed by atoms with Gasteiger partial charge in [0.15, 0.2) is 0 Å². The van der Waals surface area contributed by atoms with Crippen molar-refractivity contribution in [3.8, 4) is 0 Å². The topological polar surface area (TPSA) is 36.9 Å². The van der Waals surface area contributed by atoms with E-state index in [1.807, 2.05) is 0 Å². The number of hydrogen-bond acceptors (Lipinski definition) is 4. The second-order valence-electron chi connectivity index (χ2n) is 8.60. The van der Waals surface area contributed by atoms with Crippen LogP contribution in [0.4, 0.5) is 0 Å². The average molecular weight is 296 g/mol. The van der Waals surface area contributed by atoms with E-state index in [-0.39, 0.29) is 16.4 Å². The van der Waals surface area contributed by atoms with E-state index in [9.17, 15) is 0 Å². The minimum Gasteiger partial charge on any atom is -0.380 e. The minimum absolute atomic E-state index is 0.00969. The van der Waals surface area contributed by atoms with E-state index in [0.29, 0.717) is 6.10 Å². The lowest BCUT2D eigenvalue weighted by Gasteiger charge is -2.44. The van der Waals surface area contributed by atoms with Crippen molar-refractivity contribution >= 4 is 0 Å². The number of ether oxygens (including phenoxy) is 4. The summed E-state index contributed by atoms with van der Waals surface area (Å²) in [7, 11) is 0. The van der Waals surface area contributed by atoms with Gasteiger partial charge in [0.2, 0.25) is 0 Å². The predicted octanol–water partition coefficient (Wildman–Crippen LogP) is 2.40. The standard InChI is InChI=1S/C17H28O4/c1-15(7-18-8-15)11-20-14-5-13-3-4-17(14,6-13)21-12-16(2)9-19-10-16/h13-14H,3-12H2,1-2H3. The zero-order valence-electron chi connectivity index (χ0n) is 13.4. The third-order valence-corrected chi connectivity index (χ3v) is 5.89. The molecule has 4 rings (SSSR count). The molecule has 2 saturated carbocycles. The molecule has 0 spiro atoms. The first-order chi connectivity index (χ1) is 10.0. The molecule has 120 valence electrons. The molecular formula is C17H28O4.